The topological polar surface area (TPSA) is 55.7 Å². The fraction of sp³-hybridized carbons (Fsp3) is 0.235. The average Bonchev–Trinajstić information content (AvgIpc) is 2.47. The van der Waals surface area contributed by atoms with Gasteiger partial charge in [-0.15, -0.1) is 0 Å². The van der Waals surface area contributed by atoms with Gasteiger partial charge < -0.3 is 4.74 Å². The molecule has 0 N–H and O–H groups in total. The van der Waals surface area contributed by atoms with Crippen molar-refractivity contribution in [2.75, 3.05) is 12.5 Å². The number of ether oxygens (including phenoxy) is 1. The summed E-state index contributed by atoms with van der Waals surface area (Å²) in [4.78, 5) is 12.1. The molecule has 0 saturated heterocycles. The predicted octanol–water partition coefficient (Wildman–Crippen LogP) is 3.71. The van der Waals surface area contributed by atoms with Crippen molar-refractivity contribution in [1.29, 1.82) is 0 Å². The van der Waals surface area contributed by atoms with Crippen LogP contribution in [-0.2, 0) is 21.1 Å². The van der Waals surface area contributed by atoms with Crippen molar-refractivity contribution >= 4 is 21.4 Å². The first-order valence-electron chi connectivity index (χ1n) is 6.84. The first-order chi connectivity index (χ1) is 10.3. The zero-order valence-corrected chi connectivity index (χ0v) is 13.7. The lowest BCUT2D eigenvalue weighted by molar-refractivity contribution is 0.0472. The molecule has 0 heterocycles. The van der Waals surface area contributed by atoms with Crippen molar-refractivity contribution in [2.24, 2.45) is 4.36 Å². The molecule has 2 rings (SSSR count). The predicted molar refractivity (Wildman–Crippen MR) is 88.8 cm³/mol. The van der Waals surface area contributed by atoms with Gasteiger partial charge in [-0.1, -0.05) is 36.4 Å². The van der Waals surface area contributed by atoms with Gasteiger partial charge >= 0.3 is 5.97 Å². The van der Waals surface area contributed by atoms with E-state index in [4.69, 9.17) is 4.74 Å². The Morgan fingerprint density at radius 3 is 2.45 bits per heavy atom. The quantitative estimate of drug-likeness (QED) is 0.808. The lowest BCUT2D eigenvalue weighted by Crippen LogP contribution is -2.05. The number of aryl methyl sites for hydroxylation is 1. The molecule has 0 radical (unpaired) electrons. The second-order valence-electron chi connectivity index (χ2n) is 5.34. The molecule has 0 bridgehead atoms. The number of hydrogen-bond acceptors (Lipinski definition) is 4. The second-order valence-corrected chi connectivity index (χ2v) is 7.88. The molecule has 5 heteroatoms. The van der Waals surface area contributed by atoms with E-state index in [2.05, 4.69) is 4.36 Å². The number of carbonyl (C=O) groups excluding carboxylic acids is 1. The molecule has 0 fully saturated rings. The van der Waals surface area contributed by atoms with Gasteiger partial charge in [0.05, 0.1) is 11.3 Å². The SMILES string of the molecule is Cc1ccc(C(=O)OCc2ccccc2)cc1N=S(C)(C)=O. The van der Waals surface area contributed by atoms with E-state index < -0.39 is 15.7 Å². The van der Waals surface area contributed by atoms with Gasteiger partial charge in [0.15, 0.2) is 0 Å². The van der Waals surface area contributed by atoms with Crippen molar-refractivity contribution in [3.63, 3.8) is 0 Å². The minimum Gasteiger partial charge on any atom is -0.457 e. The van der Waals surface area contributed by atoms with Gasteiger partial charge in [0, 0.05) is 22.2 Å². The Hall–Kier alpha value is -2.14. The molecular formula is C17H19NO3S. The molecule has 0 aliphatic carbocycles. The Kier molecular flexibility index (Phi) is 4.98. The van der Waals surface area contributed by atoms with E-state index in [0.717, 1.165) is 11.1 Å². The van der Waals surface area contributed by atoms with Crippen LogP contribution in [-0.4, -0.2) is 22.7 Å². The molecule has 22 heavy (non-hydrogen) atoms. The molecule has 0 aromatic heterocycles. The van der Waals surface area contributed by atoms with Crippen LogP contribution in [0.2, 0.25) is 0 Å². The second kappa shape index (κ2) is 6.75. The monoisotopic (exact) mass is 317 g/mol. The Bertz CT molecular complexity index is 783. The number of esters is 1. The maximum absolute atomic E-state index is 12.1. The van der Waals surface area contributed by atoms with Crippen molar-refractivity contribution in [3.8, 4) is 0 Å². The van der Waals surface area contributed by atoms with Gasteiger partial charge in [-0.2, -0.15) is 4.36 Å². The lowest BCUT2D eigenvalue weighted by Gasteiger charge is -2.07. The normalized spacial score (nSPS) is 11.0. The van der Waals surface area contributed by atoms with Crippen LogP contribution in [0.3, 0.4) is 0 Å². The number of rotatable bonds is 4. The summed E-state index contributed by atoms with van der Waals surface area (Å²) in [7, 11) is -2.27. The number of benzene rings is 2. The molecule has 4 nitrogen and oxygen atoms in total. The highest BCUT2D eigenvalue weighted by atomic mass is 32.2. The summed E-state index contributed by atoms with van der Waals surface area (Å²) in [5.41, 5.74) is 2.77. The van der Waals surface area contributed by atoms with Crippen LogP contribution in [0.15, 0.2) is 52.9 Å². The number of hydrogen-bond donors (Lipinski definition) is 0. The van der Waals surface area contributed by atoms with E-state index in [-0.39, 0.29) is 6.61 Å². The third kappa shape index (κ3) is 4.70. The van der Waals surface area contributed by atoms with E-state index in [0.29, 0.717) is 11.3 Å². The highest BCUT2D eigenvalue weighted by molar-refractivity contribution is 7.92. The Labute approximate surface area is 131 Å². The first kappa shape index (κ1) is 16.2. The molecule has 0 atom stereocenters. The van der Waals surface area contributed by atoms with E-state index in [1.807, 2.05) is 37.3 Å². The summed E-state index contributed by atoms with van der Waals surface area (Å²) in [5, 5.41) is 0. The molecule has 0 saturated carbocycles. The summed E-state index contributed by atoms with van der Waals surface area (Å²) in [6.07, 6.45) is 3.12. The Balaban J connectivity index is 2.17. The van der Waals surface area contributed by atoms with Gasteiger partial charge in [0.2, 0.25) is 0 Å². The standard InChI is InChI=1S/C17H19NO3S/c1-13-9-10-15(11-16(13)18-22(2,3)20)17(19)21-12-14-7-5-4-6-8-14/h4-11H,12H2,1-3H3. The van der Waals surface area contributed by atoms with Gasteiger partial charge in [-0.3, -0.25) is 0 Å². The van der Waals surface area contributed by atoms with Crippen LogP contribution in [0.1, 0.15) is 21.5 Å². The largest absolute Gasteiger partial charge is 0.457 e. The highest BCUT2D eigenvalue weighted by Crippen LogP contribution is 2.22. The van der Waals surface area contributed by atoms with E-state index in [9.17, 15) is 9.00 Å². The van der Waals surface area contributed by atoms with Crippen molar-refractivity contribution in [3.05, 3.63) is 65.2 Å². The molecule has 0 spiro atoms. The molecule has 0 unspecified atom stereocenters. The Morgan fingerprint density at radius 2 is 1.82 bits per heavy atom. The Morgan fingerprint density at radius 1 is 1.14 bits per heavy atom. The van der Waals surface area contributed by atoms with Crippen molar-refractivity contribution in [1.82, 2.24) is 0 Å². The fourth-order valence-corrected chi connectivity index (χ4v) is 2.55. The summed E-state index contributed by atoms with van der Waals surface area (Å²) < 4.78 is 21.3. The molecule has 2 aromatic rings. The maximum atomic E-state index is 12.1. The summed E-state index contributed by atoms with van der Waals surface area (Å²) in [6, 6.07) is 14.6. The van der Waals surface area contributed by atoms with Gasteiger partial charge in [-0.25, -0.2) is 9.00 Å². The zero-order chi connectivity index (χ0) is 16.2. The van der Waals surface area contributed by atoms with Gasteiger partial charge in [0.1, 0.15) is 6.61 Å². The van der Waals surface area contributed by atoms with E-state index in [1.165, 1.54) is 0 Å². The van der Waals surface area contributed by atoms with Crippen LogP contribution in [0, 0.1) is 6.92 Å². The number of carbonyl (C=O) groups is 1. The van der Waals surface area contributed by atoms with Gasteiger partial charge in [-0.05, 0) is 30.2 Å². The smallest absolute Gasteiger partial charge is 0.338 e. The number of nitrogens with zero attached hydrogens (tertiary/aromatic N) is 1. The molecule has 0 aliphatic rings. The van der Waals surface area contributed by atoms with Crippen LogP contribution in [0.4, 0.5) is 5.69 Å². The highest BCUT2D eigenvalue weighted by Gasteiger charge is 2.10. The zero-order valence-electron chi connectivity index (χ0n) is 12.9. The maximum Gasteiger partial charge on any atom is 0.338 e. The third-order valence-electron chi connectivity index (χ3n) is 2.98. The van der Waals surface area contributed by atoms with Crippen LogP contribution >= 0.6 is 0 Å². The molecule has 116 valence electrons. The fourth-order valence-electron chi connectivity index (χ4n) is 1.88. The van der Waals surface area contributed by atoms with E-state index >= 15 is 0 Å². The van der Waals surface area contributed by atoms with Crippen LogP contribution in [0.25, 0.3) is 0 Å². The minimum absolute atomic E-state index is 0.221. The van der Waals surface area contributed by atoms with Crippen LogP contribution < -0.4 is 0 Å². The molecule has 0 amide bonds. The summed E-state index contributed by atoms with van der Waals surface area (Å²) >= 11 is 0. The first-order valence-corrected chi connectivity index (χ1v) is 9.17. The lowest BCUT2D eigenvalue weighted by atomic mass is 10.1. The molecule has 2 aromatic carbocycles. The summed E-state index contributed by atoms with van der Waals surface area (Å²) in [6.45, 7) is 2.08. The van der Waals surface area contributed by atoms with Crippen molar-refractivity contribution < 1.29 is 13.7 Å². The van der Waals surface area contributed by atoms with E-state index in [1.54, 1.807) is 30.7 Å². The minimum atomic E-state index is -2.27. The third-order valence-corrected chi connectivity index (χ3v) is 3.61. The summed E-state index contributed by atoms with van der Waals surface area (Å²) in [5.74, 6) is -0.418. The van der Waals surface area contributed by atoms with Gasteiger partial charge in [0.25, 0.3) is 0 Å². The molecular weight excluding hydrogens is 298 g/mol. The molecule has 0 aliphatic heterocycles. The van der Waals surface area contributed by atoms with Crippen molar-refractivity contribution in [2.45, 2.75) is 13.5 Å². The average molecular weight is 317 g/mol. The van der Waals surface area contributed by atoms with Crippen LogP contribution in [0.5, 0.6) is 0 Å².